The van der Waals surface area contributed by atoms with Crippen molar-refractivity contribution in [3.05, 3.63) is 34.3 Å². The predicted molar refractivity (Wildman–Crippen MR) is 92.9 cm³/mol. The van der Waals surface area contributed by atoms with E-state index in [9.17, 15) is 4.79 Å². The van der Waals surface area contributed by atoms with E-state index >= 15 is 0 Å². The molecule has 22 heavy (non-hydrogen) atoms. The van der Waals surface area contributed by atoms with E-state index < -0.39 is 0 Å². The Morgan fingerprint density at radius 3 is 2.73 bits per heavy atom. The first kappa shape index (κ1) is 16.0. The number of benzene rings is 1. The summed E-state index contributed by atoms with van der Waals surface area (Å²) in [6.45, 7) is 1.95. The molecule has 1 heterocycles. The average molecular weight is 365 g/mol. The van der Waals surface area contributed by atoms with Crippen LogP contribution in [0, 0.1) is 0 Å². The molecule has 1 aliphatic heterocycles. The molecule has 1 saturated heterocycles. The van der Waals surface area contributed by atoms with Gasteiger partial charge in [-0.15, -0.1) is 0 Å². The Morgan fingerprint density at radius 2 is 2.09 bits per heavy atom. The van der Waals surface area contributed by atoms with Crippen LogP contribution >= 0.6 is 15.9 Å². The number of amides is 1. The third kappa shape index (κ3) is 2.95. The number of rotatable bonds is 3. The molecule has 3 rings (SSSR count). The summed E-state index contributed by atoms with van der Waals surface area (Å²) >= 11 is 3.57. The molecule has 120 valence electrons. The van der Waals surface area contributed by atoms with Crippen LogP contribution in [0.3, 0.4) is 0 Å². The van der Waals surface area contributed by atoms with Crippen molar-refractivity contribution in [2.24, 2.45) is 0 Å². The van der Waals surface area contributed by atoms with Crippen molar-refractivity contribution in [3.8, 4) is 0 Å². The van der Waals surface area contributed by atoms with Gasteiger partial charge in [0.15, 0.2) is 0 Å². The summed E-state index contributed by atoms with van der Waals surface area (Å²) in [5, 5.41) is 3.37. The van der Waals surface area contributed by atoms with Gasteiger partial charge in [0, 0.05) is 24.1 Å². The van der Waals surface area contributed by atoms with Gasteiger partial charge in [0.1, 0.15) is 0 Å². The zero-order valence-electron chi connectivity index (χ0n) is 13.3. The molecule has 2 aliphatic rings. The first-order chi connectivity index (χ1) is 10.6. The maximum atomic E-state index is 13.4. The monoisotopic (exact) mass is 364 g/mol. The lowest BCUT2D eigenvalue weighted by Gasteiger charge is -2.41. The van der Waals surface area contributed by atoms with Crippen LogP contribution in [0.15, 0.2) is 28.7 Å². The smallest absolute Gasteiger partial charge is 0.233 e. The van der Waals surface area contributed by atoms with E-state index in [1.54, 1.807) is 0 Å². The summed E-state index contributed by atoms with van der Waals surface area (Å²) in [6.07, 6.45) is 6.57. The fourth-order valence-corrected chi connectivity index (χ4v) is 4.44. The van der Waals surface area contributed by atoms with Crippen LogP contribution in [0.25, 0.3) is 0 Å². The molecular weight excluding hydrogens is 340 g/mol. The highest BCUT2D eigenvalue weighted by Gasteiger charge is 2.44. The number of likely N-dealkylation sites (N-methyl/N-ethyl adjacent to an activating group) is 1. The molecule has 0 spiro atoms. The number of nitrogens with zero attached hydrogens (tertiary/aromatic N) is 1. The Hall–Kier alpha value is -0.870. The van der Waals surface area contributed by atoms with Crippen molar-refractivity contribution in [2.75, 3.05) is 20.1 Å². The van der Waals surface area contributed by atoms with Gasteiger partial charge in [-0.2, -0.15) is 0 Å². The van der Waals surface area contributed by atoms with Crippen molar-refractivity contribution in [1.82, 2.24) is 10.2 Å². The first-order valence-corrected chi connectivity index (χ1v) is 9.17. The summed E-state index contributed by atoms with van der Waals surface area (Å²) in [6, 6.07) is 8.71. The summed E-state index contributed by atoms with van der Waals surface area (Å²) in [5.41, 5.74) is 0.865. The molecule has 4 heteroatoms. The minimum atomic E-state index is -0.320. The molecule has 0 radical (unpaired) electrons. The van der Waals surface area contributed by atoms with Crippen LogP contribution in [0.5, 0.6) is 0 Å². The summed E-state index contributed by atoms with van der Waals surface area (Å²) in [7, 11) is 1.99. The molecule has 3 nitrogen and oxygen atoms in total. The summed E-state index contributed by atoms with van der Waals surface area (Å²) < 4.78 is 1.06. The lowest BCUT2D eigenvalue weighted by Crippen LogP contribution is -2.50. The van der Waals surface area contributed by atoms with E-state index in [4.69, 9.17) is 0 Å². The van der Waals surface area contributed by atoms with Crippen LogP contribution in [0.1, 0.15) is 44.1 Å². The normalized spacial score (nSPS) is 24.2. The SMILES string of the molecule is CN(C(=O)C1(c2cccc(Br)c2)CCCCC1)C1CCNC1. The van der Waals surface area contributed by atoms with Gasteiger partial charge < -0.3 is 10.2 Å². The van der Waals surface area contributed by atoms with E-state index in [1.165, 1.54) is 12.0 Å². The third-order valence-corrected chi connectivity index (χ3v) is 5.89. The van der Waals surface area contributed by atoms with Crippen molar-refractivity contribution in [3.63, 3.8) is 0 Å². The van der Waals surface area contributed by atoms with Crippen LogP contribution in [0.4, 0.5) is 0 Å². The molecule has 1 aromatic rings. The van der Waals surface area contributed by atoms with Crippen molar-refractivity contribution < 1.29 is 4.79 Å². The fourth-order valence-electron chi connectivity index (χ4n) is 4.04. The molecule has 1 atom stereocenters. The van der Waals surface area contributed by atoms with Crippen molar-refractivity contribution >= 4 is 21.8 Å². The van der Waals surface area contributed by atoms with Gasteiger partial charge in [0.05, 0.1) is 5.41 Å². The zero-order valence-corrected chi connectivity index (χ0v) is 14.9. The predicted octanol–water partition coefficient (Wildman–Crippen LogP) is 3.47. The number of nitrogens with one attached hydrogen (secondary N) is 1. The number of halogens is 1. The Labute approximate surface area is 141 Å². The second-order valence-corrected chi connectivity index (χ2v) is 7.63. The number of hydrogen-bond acceptors (Lipinski definition) is 2. The van der Waals surface area contributed by atoms with Crippen molar-refractivity contribution in [2.45, 2.75) is 50.0 Å². The largest absolute Gasteiger partial charge is 0.341 e. The molecule has 2 fully saturated rings. The third-order valence-electron chi connectivity index (χ3n) is 5.40. The molecule has 1 saturated carbocycles. The van der Waals surface area contributed by atoms with Gasteiger partial charge in [0.2, 0.25) is 5.91 Å². The zero-order chi connectivity index (χ0) is 15.6. The molecular formula is C18H25BrN2O. The molecule has 1 aliphatic carbocycles. The second-order valence-electron chi connectivity index (χ2n) is 6.72. The van der Waals surface area contributed by atoms with Gasteiger partial charge in [0.25, 0.3) is 0 Å². The van der Waals surface area contributed by atoms with Gasteiger partial charge in [-0.1, -0.05) is 47.3 Å². The summed E-state index contributed by atoms with van der Waals surface area (Å²) in [4.78, 5) is 15.4. The lowest BCUT2D eigenvalue weighted by molar-refractivity contribution is -0.139. The van der Waals surface area contributed by atoms with E-state index in [2.05, 4.69) is 39.4 Å². The van der Waals surface area contributed by atoms with Gasteiger partial charge in [-0.3, -0.25) is 4.79 Å². The van der Waals surface area contributed by atoms with E-state index in [1.807, 2.05) is 18.0 Å². The number of carbonyl (C=O) groups is 1. The molecule has 1 amide bonds. The molecule has 0 bridgehead atoms. The fraction of sp³-hybridized carbons (Fsp3) is 0.611. The minimum absolute atomic E-state index is 0.319. The Balaban J connectivity index is 1.93. The molecule has 0 aromatic heterocycles. The lowest BCUT2D eigenvalue weighted by atomic mass is 9.68. The Bertz CT molecular complexity index is 534. The highest BCUT2D eigenvalue weighted by molar-refractivity contribution is 9.10. The van der Waals surface area contributed by atoms with Gasteiger partial charge >= 0.3 is 0 Å². The quantitative estimate of drug-likeness (QED) is 0.890. The summed E-state index contributed by atoms with van der Waals surface area (Å²) in [5.74, 6) is 0.319. The van der Waals surface area contributed by atoms with Crippen LogP contribution in [-0.2, 0) is 10.2 Å². The molecule has 1 aromatic carbocycles. The maximum absolute atomic E-state index is 13.4. The second kappa shape index (κ2) is 6.71. The number of carbonyl (C=O) groups excluding carboxylic acids is 1. The van der Waals surface area contributed by atoms with E-state index in [0.29, 0.717) is 11.9 Å². The maximum Gasteiger partial charge on any atom is 0.233 e. The highest BCUT2D eigenvalue weighted by atomic mass is 79.9. The number of hydrogen-bond donors (Lipinski definition) is 1. The van der Waals surface area contributed by atoms with Gasteiger partial charge in [-0.25, -0.2) is 0 Å². The molecule has 1 unspecified atom stereocenters. The Kier molecular flexibility index (Phi) is 4.88. The highest BCUT2D eigenvalue weighted by Crippen LogP contribution is 2.42. The van der Waals surface area contributed by atoms with E-state index in [-0.39, 0.29) is 5.41 Å². The van der Waals surface area contributed by atoms with Crippen molar-refractivity contribution in [1.29, 1.82) is 0 Å². The van der Waals surface area contributed by atoms with Crippen LogP contribution < -0.4 is 5.32 Å². The standard InChI is InChI=1S/C18H25BrN2O/c1-21(16-8-11-20-13-16)17(22)18(9-3-2-4-10-18)14-6-5-7-15(19)12-14/h5-7,12,16,20H,2-4,8-11,13H2,1H3. The van der Waals surface area contributed by atoms with E-state index in [0.717, 1.165) is 49.7 Å². The van der Waals surface area contributed by atoms with Crippen LogP contribution in [-0.4, -0.2) is 37.0 Å². The minimum Gasteiger partial charge on any atom is -0.341 e. The topological polar surface area (TPSA) is 32.3 Å². The van der Waals surface area contributed by atoms with Gasteiger partial charge in [-0.05, 0) is 43.5 Å². The first-order valence-electron chi connectivity index (χ1n) is 8.37. The molecule has 1 N–H and O–H groups in total. The van der Waals surface area contributed by atoms with Crippen LogP contribution in [0.2, 0.25) is 0 Å². The average Bonchev–Trinajstić information content (AvgIpc) is 3.08. The Morgan fingerprint density at radius 1 is 1.32 bits per heavy atom.